The normalized spacial score (nSPS) is 19.2. The molecule has 1 aromatic rings. The maximum absolute atomic E-state index is 14.8. The van der Waals surface area contributed by atoms with Gasteiger partial charge in [-0.15, -0.1) is 4.48 Å². The van der Waals surface area contributed by atoms with E-state index in [9.17, 15) is 18.5 Å². The molecule has 3 N–H and O–H groups in total. The van der Waals surface area contributed by atoms with Crippen molar-refractivity contribution < 1.29 is 18.5 Å². The molecule has 0 spiro atoms. The van der Waals surface area contributed by atoms with Crippen LogP contribution in [-0.4, -0.2) is 40.2 Å². The van der Waals surface area contributed by atoms with Crippen LogP contribution in [0.5, 0.6) is 0 Å². The van der Waals surface area contributed by atoms with Crippen LogP contribution in [0.2, 0.25) is 0 Å². The summed E-state index contributed by atoms with van der Waals surface area (Å²) in [5, 5.41) is 0. The Kier molecular flexibility index (Phi) is 6.60. The Morgan fingerprint density at radius 2 is 2.07 bits per heavy atom. The number of amides is 2. The fourth-order valence-electron chi connectivity index (χ4n) is 3.49. The summed E-state index contributed by atoms with van der Waals surface area (Å²) >= 11 is 2.99. The number of nitrogens with one attached hydrogen (secondary N) is 1. The molecule has 9 heteroatoms. The Morgan fingerprint density at radius 3 is 2.63 bits per heavy atom. The first-order valence-electron chi connectivity index (χ1n) is 9.63. The summed E-state index contributed by atoms with van der Waals surface area (Å²) in [4.78, 5) is 28.3. The van der Waals surface area contributed by atoms with E-state index < -0.39 is 23.6 Å². The Balaban J connectivity index is 1.85. The zero-order valence-electron chi connectivity index (χ0n) is 16.7. The van der Waals surface area contributed by atoms with Gasteiger partial charge in [-0.25, -0.2) is 9.93 Å². The molecule has 0 radical (unpaired) electrons. The van der Waals surface area contributed by atoms with Crippen LogP contribution in [0.1, 0.15) is 42.6 Å². The molecule has 1 unspecified atom stereocenters. The highest BCUT2D eigenvalue weighted by atomic mass is 79.9. The van der Waals surface area contributed by atoms with Crippen LogP contribution < -0.4 is 11.3 Å². The summed E-state index contributed by atoms with van der Waals surface area (Å²) < 4.78 is 27.2. The van der Waals surface area contributed by atoms with E-state index in [1.165, 1.54) is 28.8 Å². The van der Waals surface area contributed by atoms with E-state index in [1.807, 2.05) is 6.92 Å². The van der Waals surface area contributed by atoms with Gasteiger partial charge >= 0.3 is 0 Å². The highest BCUT2D eigenvalue weighted by Gasteiger charge is 2.33. The van der Waals surface area contributed by atoms with Crippen LogP contribution in [0.25, 0.3) is 5.57 Å². The second-order valence-electron chi connectivity index (χ2n) is 7.19. The lowest BCUT2D eigenvalue weighted by Gasteiger charge is -2.31. The van der Waals surface area contributed by atoms with Gasteiger partial charge in [0.2, 0.25) is 0 Å². The SMILES string of the molecule is CCN(C(=O)c1ccc(C2=CC=CN(C(=O)/C(Br)=C(\N)NF)C2C)cc1F)C1CC1. The Labute approximate surface area is 182 Å². The van der Waals surface area contributed by atoms with Crippen LogP contribution in [0, 0.1) is 5.82 Å². The molecule has 1 atom stereocenters. The monoisotopic (exact) mass is 480 g/mol. The number of benzene rings is 1. The molecule has 0 aromatic heterocycles. The lowest BCUT2D eigenvalue weighted by atomic mass is 9.94. The van der Waals surface area contributed by atoms with E-state index in [2.05, 4.69) is 15.9 Å². The van der Waals surface area contributed by atoms with Crippen LogP contribution in [0.4, 0.5) is 8.87 Å². The first-order chi connectivity index (χ1) is 14.3. The summed E-state index contributed by atoms with van der Waals surface area (Å²) in [6.07, 6.45) is 6.84. The van der Waals surface area contributed by atoms with Gasteiger partial charge in [-0.1, -0.05) is 12.1 Å². The highest BCUT2D eigenvalue weighted by molar-refractivity contribution is 9.12. The van der Waals surface area contributed by atoms with Gasteiger partial charge < -0.3 is 15.5 Å². The Hall–Kier alpha value is -2.68. The quantitative estimate of drug-likeness (QED) is 0.481. The van der Waals surface area contributed by atoms with Crippen molar-refractivity contribution in [1.29, 1.82) is 0 Å². The number of hydrogen-bond donors (Lipinski definition) is 2. The smallest absolute Gasteiger partial charge is 0.269 e. The average molecular weight is 481 g/mol. The van der Waals surface area contributed by atoms with Crippen LogP contribution in [-0.2, 0) is 4.79 Å². The standard InChI is InChI=1S/C21H23BrF2N4O2/c1-3-27(14-7-8-14)20(29)16-9-6-13(11-17(16)23)15-5-4-10-28(12(15)2)21(30)18(22)19(25)26-24/h4-6,9-12,14,26H,3,7-8,25H2,1-2H3/b19-18-. The minimum absolute atomic E-state index is 0.0347. The van der Waals surface area contributed by atoms with Gasteiger partial charge in [-0.2, -0.15) is 0 Å². The molecule has 1 saturated carbocycles. The van der Waals surface area contributed by atoms with Crippen molar-refractivity contribution in [3.8, 4) is 0 Å². The van der Waals surface area contributed by atoms with E-state index in [1.54, 1.807) is 30.0 Å². The van der Waals surface area contributed by atoms with E-state index in [0.717, 1.165) is 12.8 Å². The van der Waals surface area contributed by atoms with E-state index in [0.29, 0.717) is 17.7 Å². The molecule has 1 fully saturated rings. The average Bonchev–Trinajstić information content (AvgIpc) is 3.57. The maximum atomic E-state index is 14.8. The molecule has 1 heterocycles. The molecule has 160 valence electrons. The topological polar surface area (TPSA) is 78.7 Å². The van der Waals surface area contributed by atoms with Gasteiger partial charge in [-0.05, 0) is 72.0 Å². The van der Waals surface area contributed by atoms with Crippen LogP contribution >= 0.6 is 15.9 Å². The number of nitrogens with zero attached hydrogens (tertiary/aromatic N) is 2. The summed E-state index contributed by atoms with van der Waals surface area (Å²) in [5.74, 6) is -1.91. The molecular formula is C21H23BrF2N4O2. The fraction of sp³-hybridized carbons (Fsp3) is 0.333. The fourth-order valence-corrected chi connectivity index (χ4v) is 3.77. The van der Waals surface area contributed by atoms with E-state index in [-0.39, 0.29) is 22.0 Å². The van der Waals surface area contributed by atoms with Crippen molar-refractivity contribution >= 4 is 33.3 Å². The van der Waals surface area contributed by atoms with E-state index >= 15 is 0 Å². The molecule has 1 aromatic carbocycles. The van der Waals surface area contributed by atoms with Crippen molar-refractivity contribution in [2.45, 2.75) is 38.8 Å². The molecule has 3 rings (SSSR count). The molecule has 1 aliphatic heterocycles. The number of allylic oxidation sites excluding steroid dienone is 2. The molecule has 6 nitrogen and oxygen atoms in total. The van der Waals surface area contributed by atoms with Gasteiger partial charge in [0, 0.05) is 18.8 Å². The number of rotatable bonds is 6. The van der Waals surface area contributed by atoms with Crippen molar-refractivity contribution in [1.82, 2.24) is 15.3 Å². The maximum Gasteiger partial charge on any atom is 0.269 e. The van der Waals surface area contributed by atoms with Gasteiger partial charge in [0.05, 0.1) is 11.6 Å². The predicted octanol–water partition coefficient (Wildman–Crippen LogP) is 3.57. The molecular weight excluding hydrogens is 458 g/mol. The second-order valence-corrected chi connectivity index (χ2v) is 7.98. The summed E-state index contributed by atoms with van der Waals surface area (Å²) in [7, 11) is 0. The predicted molar refractivity (Wildman–Crippen MR) is 114 cm³/mol. The lowest BCUT2D eigenvalue weighted by molar-refractivity contribution is -0.124. The van der Waals surface area contributed by atoms with Crippen molar-refractivity contribution in [3.63, 3.8) is 0 Å². The molecule has 0 saturated heterocycles. The third kappa shape index (κ3) is 4.26. The Bertz CT molecular complexity index is 956. The summed E-state index contributed by atoms with van der Waals surface area (Å²) in [5.41, 5.74) is 7.90. The summed E-state index contributed by atoms with van der Waals surface area (Å²) in [6, 6.07) is 4.19. The molecule has 30 heavy (non-hydrogen) atoms. The van der Waals surface area contributed by atoms with Crippen LogP contribution in [0.3, 0.4) is 0 Å². The minimum atomic E-state index is -0.607. The first kappa shape index (κ1) is 22.0. The first-order valence-corrected chi connectivity index (χ1v) is 10.4. The zero-order chi connectivity index (χ0) is 22.0. The molecule has 2 amide bonds. The largest absolute Gasteiger partial charge is 0.383 e. The van der Waals surface area contributed by atoms with Crippen molar-refractivity contribution in [2.75, 3.05) is 6.54 Å². The Morgan fingerprint density at radius 1 is 1.37 bits per heavy atom. The van der Waals surface area contributed by atoms with Crippen molar-refractivity contribution in [3.05, 3.63) is 63.8 Å². The zero-order valence-corrected chi connectivity index (χ0v) is 18.2. The highest BCUT2D eigenvalue weighted by Crippen LogP contribution is 2.31. The number of nitrogens with two attached hydrogens (primary N) is 1. The van der Waals surface area contributed by atoms with Gasteiger partial charge in [0.25, 0.3) is 11.8 Å². The molecule has 1 aliphatic carbocycles. The number of carbonyl (C=O) groups excluding carboxylic acids is 2. The van der Waals surface area contributed by atoms with Crippen LogP contribution in [0.15, 0.2) is 46.9 Å². The van der Waals surface area contributed by atoms with E-state index in [4.69, 9.17) is 5.73 Å². The minimum Gasteiger partial charge on any atom is -0.383 e. The van der Waals surface area contributed by atoms with Gasteiger partial charge in [0.1, 0.15) is 16.1 Å². The molecule has 2 aliphatic rings. The second kappa shape index (κ2) is 8.99. The third-order valence-corrected chi connectivity index (χ3v) is 6.04. The number of hydrogen-bond acceptors (Lipinski definition) is 4. The lowest BCUT2D eigenvalue weighted by Crippen LogP contribution is -2.37. The van der Waals surface area contributed by atoms with Gasteiger partial charge in [0.15, 0.2) is 0 Å². The number of halogens is 3. The van der Waals surface area contributed by atoms with Crippen molar-refractivity contribution in [2.24, 2.45) is 5.73 Å². The molecule has 0 bridgehead atoms. The number of carbonyl (C=O) groups is 2. The third-order valence-electron chi connectivity index (χ3n) is 5.27. The van der Waals surface area contributed by atoms with Gasteiger partial charge in [-0.3, -0.25) is 9.59 Å². The summed E-state index contributed by atoms with van der Waals surface area (Å²) in [6.45, 7) is 4.18.